The van der Waals surface area contributed by atoms with Crippen LogP contribution in [-0.4, -0.2) is 56.3 Å². The normalized spacial score (nSPS) is 17.7. The van der Waals surface area contributed by atoms with Crippen LogP contribution in [0, 0.1) is 0 Å². The lowest BCUT2D eigenvalue weighted by Crippen LogP contribution is -2.52. The van der Waals surface area contributed by atoms with Crippen LogP contribution < -0.4 is 10.4 Å². The van der Waals surface area contributed by atoms with Crippen LogP contribution in [0.3, 0.4) is 0 Å². The van der Waals surface area contributed by atoms with Crippen molar-refractivity contribution >= 4 is 11.9 Å². The second kappa shape index (κ2) is 7.61. The van der Waals surface area contributed by atoms with Crippen LogP contribution in [-0.2, 0) is 4.84 Å². The van der Waals surface area contributed by atoms with E-state index in [2.05, 4.69) is 25.5 Å². The standard InChI is InChI=1S/C17H23N7O2/c1-17(2,3)24(15-6-8-19-12-20-15)26-16(25)23-10-9-18-11-14(23)13-5-4-7-21-22-13/h4-8,12,14,18H,9-11H2,1-3H3. The molecule has 0 radical (unpaired) electrons. The van der Waals surface area contributed by atoms with Gasteiger partial charge in [-0.25, -0.2) is 14.8 Å². The molecule has 3 heterocycles. The summed E-state index contributed by atoms with van der Waals surface area (Å²) in [5.74, 6) is 0.520. The Bertz CT molecular complexity index is 721. The minimum atomic E-state index is -0.472. The summed E-state index contributed by atoms with van der Waals surface area (Å²) >= 11 is 0. The van der Waals surface area contributed by atoms with Crippen molar-refractivity contribution in [1.82, 2.24) is 30.4 Å². The van der Waals surface area contributed by atoms with E-state index in [9.17, 15) is 4.79 Å². The molecule has 0 aliphatic carbocycles. The van der Waals surface area contributed by atoms with Gasteiger partial charge < -0.3 is 10.2 Å². The molecule has 1 aliphatic rings. The van der Waals surface area contributed by atoms with Crippen LogP contribution >= 0.6 is 0 Å². The van der Waals surface area contributed by atoms with E-state index in [0.29, 0.717) is 25.5 Å². The Balaban J connectivity index is 1.82. The fourth-order valence-electron chi connectivity index (χ4n) is 2.74. The molecule has 3 rings (SSSR count). The second-order valence-corrected chi connectivity index (χ2v) is 6.95. The third-order valence-corrected chi connectivity index (χ3v) is 3.97. The Morgan fingerprint density at radius 1 is 1.35 bits per heavy atom. The van der Waals surface area contributed by atoms with Gasteiger partial charge in [-0.1, -0.05) is 0 Å². The van der Waals surface area contributed by atoms with Gasteiger partial charge in [-0.15, -0.1) is 0 Å². The van der Waals surface area contributed by atoms with Crippen LogP contribution in [0.15, 0.2) is 36.9 Å². The van der Waals surface area contributed by atoms with Crippen LogP contribution in [0.2, 0.25) is 0 Å². The molecule has 1 unspecified atom stereocenters. The number of aromatic nitrogens is 4. The van der Waals surface area contributed by atoms with E-state index in [1.165, 1.54) is 11.4 Å². The number of hydroxylamine groups is 1. The summed E-state index contributed by atoms with van der Waals surface area (Å²) in [5, 5.41) is 12.9. The number of carbonyl (C=O) groups is 1. The second-order valence-electron chi connectivity index (χ2n) is 6.95. The Morgan fingerprint density at radius 3 is 2.85 bits per heavy atom. The zero-order valence-corrected chi connectivity index (χ0v) is 15.2. The van der Waals surface area contributed by atoms with Gasteiger partial charge in [0, 0.05) is 38.1 Å². The molecule has 1 aliphatic heterocycles. The summed E-state index contributed by atoms with van der Waals surface area (Å²) < 4.78 is 0. The molecular formula is C17H23N7O2. The number of nitrogens with one attached hydrogen (secondary N) is 1. The molecule has 0 aromatic carbocycles. The van der Waals surface area contributed by atoms with E-state index in [0.717, 1.165) is 5.69 Å². The first-order valence-corrected chi connectivity index (χ1v) is 8.50. The number of anilines is 1. The molecule has 26 heavy (non-hydrogen) atoms. The maximum absolute atomic E-state index is 13.0. The average molecular weight is 357 g/mol. The van der Waals surface area contributed by atoms with Gasteiger partial charge in [0.15, 0.2) is 5.82 Å². The van der Waals surface area contributed by atoms with Gasteiger partial charge in [0.05, 0.1) is 17.3 Å². The summed E-state index contributed by atoms with van der Waals surface area (Å²) in [6.07, 6.45) is 4.20. The Labute approximate surface area is 152 Å². The predicted octanol–water partition coefficient (Wildman–Crippen LogP) is 1.57. The van der Waals surface area contributed by atoms with E-state index in [4.69, 9.17) is 4.84 Å². The van der Waals surface area contributed by atoms with Gasteiger partial charge in [0.25, 0.3) is 0 Å². The molecule has 1 amide bonds. The number of rotatable bonds is 3. The van der Waals surface area contributed by atoms with Crippen molar-refractivity contribution in [1.29, 1.82) is 0 Å². The van der Waals surface area contributed by atoms with Crippen molar-refractivity contribution in [3.63, 3.8) is 0 Å². The summed E-state index contributed by atoms with van der Waals surface area (Å²) in [5.41, 5.74) is 0.251. The number of hydrogen-bond donors (Lipinski definition) is 1. The Kier molecular flexibility index (Phi) is 5.27. The van der Waals surface area contributed by atoms with E-state index in [1.54, 1.807) is 23.4 Å². The van der Waals surface area contributed by atoms with Gasteiger partial charge in [0.1, 0.15) is 6.33 Å². The highest BCUT2D eigenvalue weighted by molar-refractivity contribution is 5.70. The molecule has 1 N–H and O–H groups in total. The molecule has 138 valence electrons. The van der Waals surface area contributed by atoms with E-state index < -0.39 is 11.6 Å². The van der Waals surface area contributed by atoms with Gasteiger partial charge in [0.2, 0.25) is 0 Å². The smallest absolute Gasteiger partial charge is 0.319 e. The van der Waals surface area contributed by atoms with Crippen LogP contribution in [0.25, 0.3) is 0 Å². The van der Waals surface area contributed by atoms with Crippen LogP contribution in [0.5, 0.6) is 0 Å². The maximum Gasteiger partial charge on any atom is 0.435 e. The molecule has 0 spiro atoms. The van der Waals surface area contributed by atoms with Crippen molar-refractivity contribution in [2.24, 2.45) is 0 Å². The van der Waals surface area contributed by atoms with E-state index >= 15 is 0 Å². The van der Waals surface area contributed by atoms with Crippen LogP contribution in [0.4, 0.5) is 10.6 Å². The average Bonchev–Trinajstić information content (AvgIpc) is 2.66. The first-order valence-electron chi connectivity index (χ1n) is 8.50. The van der Waals surface area contributed by atoms with E-state index in [-0.39, 0.29) is 6.04 Å². The van der Waals surface area contributed by atoms with Crippen LogP contribution in [0.1, 0.15) is 32.5 Å². The zero-order chi connectivity index (χ0) is 18.6. The van der Waals surface area contributed by atoms with Gasteiger partial charge in [-0.3, -0.25) is 4.90 Å². The molecule has 2 aromatic rings. The lowest BCUT2D eigenvalue weighted by atomic mass is 10.1. The summed E-state index contributed by atoms with van der Waals surface area (Å²) in [6, 6.07) is 5.13. The summed E-state index contributed by atoms with van der Waals surface area (Å²) in [7, 11) is 0. The lowest BCUT2D eigenvalue weighted by molar-refractivity contribution is 0.0490. The molecule has 9 heteroatoms. The molecule has 1 saturated heterocycles. The Morgan fingerprint density at radius 2 is 2.19 bits per heavy atom. The van der Waals surface area contributed by atoms with Gasteiger partial charge in [-0.2, -0.15) is 15.3 Å². The largest absolute Gasteiger partial charge is 0.435 e. The summed E-state index contributed by atoms with van der Waals surface area (Å²) in [6.45, 7) is 7.63. The molecule has 1 atom stereocenters. The third kappa shape index (κ3) is 4.05. The minimum Gasteiger partial charge on any atom is -0.319 e. The van der Waals surface area contributed by atoms with E-state index in [1.807, 2.05) is 32.9 Å². The van der Waals surface area contributed by atoms with Gasteiger partial charge >= 0.3 is 6.09 Å². The topological polar surface area (TPSA) is 96.4 Å². The van der Waals surface area contributed by atoms with Crippen molar-refractivity contribution in [3.05, 3.63) is 42.6 Å². The fraction of sp³-hybridized carbons (Fsp3) is 0.471. The van der Waals surface area contributed by atoms with Crippen molar-refractivity contribution in [2.75, 3.05) is 24.7 Å². The number of piperazine rings is 1. The SMILES string of the molecule is CC(C)(C)N(OC(=O)N1CCNCC1c1cccnn1)c1ccncn1. The monoisotopic (exact) mass is 357 g/mol. The highest BCUT2D eigenvalue weighted by Crippen LogP contribution is 2.25. The molecular weight excluding hydrogens is 334 g/mol. The molecule has 0 saturated carbocycles. The zero-order valence-electron chi connectivity index (χ0n) is 15.2. The third-order valence-electron chi connectivity index (χ3n) is 3.97. The molecule has 9 nitrogen and oxygen atoms in total. The number of nitrogens with zero attached hydrogens (tertiary/aromatic N) is 6. The number of amides is 1. The quantitative estimate of drug-likeness (QED) is 0.827. The minimum absolute atomic E-state index is 0.239. The molecule has 2 aromatic heterocycles. The summed E-state index contributed by atoms with van der Waals surface area (Å²) in [4.78, 5) is 28.5. The van der Waals surface area contributed by atoms with Crippen molar-refractivity contribution in [2.45, 2.75) is 32.4 Å². The molecule has 1 fully saturated rings. The highest BCUT2D eigenvalue weighted by Gasteiger charge is 2.34. The first kappa shape index (κ1) is 18.0. The number of carbonyl (C=O) groups excluding carboxylic acids is 1. The number of hydrogen-bond acceptors (Lipinski definition) is 8. The fourth-order valence-corrected chi connectivity index (χ4v) is 2.74. The van der Waals surface area contributed by atoms with Crippen molar-refractivity contribution < 1.29 is 9.63 Å². The maximum atomic E-state index is 13.0. The van der Waals surface area contributed by atoms with Gasteiger partial charge in [-0.05, 0) is 32.9 Å². The van der Waals surface area contributed by atoms with Crippen molar-refractivity contribution in [3.8, 4) is 0 Å². The predicted molar refractivity (Wildman–Crippen MR) is 95.1 cm³/mol. The molecule has 0 bridgehead atoms. The first-order chi connectivity index (χ1) is 12.5. The lowest BCUT2D eigenvalue weighted by Gasteiger charge is -2.39. The Hall–Kier alpha value is -2.81. The highest BCUT2D eigenvalue weighted by atomic mass is 16.7.